The molecular formula is C24H36N4O4. The zero-order chi connectivity index (χ0) is 22.9. The molecule has 0 aliphatic rings. The zero-order valence-corrected chi connectivity index (χ0v) is 19.2. The number of aliphatic imine (C=N–C) groups is 1. The summed E-state index contributed by atoms with van der Waals surface area (Å²) in [5, 5.41) is 9.34. The summed E-state index contributed by atoms with van der Waals surface area (Å²) >= 11 is 0. The molecule has 0 saturated heterocycles. The first-order valence-corrected chi connectivity index (χ1v) is 11.3. The Morgan fingerprint density at radius 3 is 2.59 bits per heavy atom. The molecule has 8 heteroatoms. The van der Waals surface area contributed by atoms with Gasteiger partial charge in [0.15, 0.2) is 5.96 Å². The van der Waals surface area contributed by atoms with E-state index in [9.17, 15) is 4.79 Å². The molecule has 0 bridgehead atoms. The maximum absolute atomic E-state index is 12.4. The Balaban J connectivity index is 1.74. The normalized spacial score (nSPS) is 11.4. The van der Waals surface area contributed by atoms with Gasteiger partial charge in [0.25, 0.3) is 5.91 Å². The molecule has 8 nitrogen and oxygen atoms in total. The summed E-state index contributed by atoms with van der Waals surface area (Å²) in [6, 6.07) is 11.1. The lowest BCUT2D eigenvalue weighted by molar-refractivity contribution is 0.0487. The molecule has 0 aliphatic carbocycles. The van der Waals surface area contributed by atoms with E-state index in [4.69, 9.17) is 13.9 Å². The van der Waals surface area contributed by atoms with Crippen LogP contribution in [0, 0.1) is 0 Å². The number of nitrogens with zero attached hydrogens (tertiary/aromatic N) is 1. The van der Waals surface area contributed by atoms with Crippen molar-refractivity contribution in [2.24, 2.45) is 4.99 Å². The first-order chi connectivity index (χ1) is 15.7. The average Bonchev–Trinajstić information content (AvgIpc) is 3.34. The Morgan fingerprint density at radius 1 is 1.00 bits per heavy atom. The van der Waals surface area contributed by atoms with Crippen molar-refractivity contribution in [2.45, 2.75) is 39.8 Å². The molecule has 1 aromatic heterocycles. The van der Waals surface area contributed by atoms with Gasteiger partial charge in [-0.05, 0) is 43.2 Å². The monoisotopic (exact) mass is 444 g/mol. The van der Waals surface area contributed by atoms with Crippen molar-refractivity contribution in [3.05, 3.63) is 59.5 Å². The molecule has 176 valence electrons. The summed E-state index contributed by atoms with van der Waals surface area (Å²) < 4.78 is 16.3. The fourth-order valence-corrected chi connectivity index (χ4v) is 2.82. The lowest BCUT2D eigenvalue weighted by atomic mass is 10.1. The van der Waals surface area contributed by atoms with E-state index in [-0.39, 0.29) is 5.91 Å². The third-order valence-corrected chi connectivity index (χ3v) is 4.51. The van der Waals surface area contributed by atoms with Gasteiger partial charge in [0.2, 0.25) is 0 Å². The molecule has 0 radical (unpaired) electrons. The van der Waals surface area contributed by atoms with Crippen LogP contribution < -0.4 is 16.0 Å². The van der Waals surface area contributed by atoms with Gasteiger partial charge in [-0.2, -0.15) is 0 Å². The van der Waals surface area contributed by atoms with Gasteiger partial charge in [-0.3, -0.25) is 4.79 Å². The third kappa shape index (κ3) is 10.5. The second kappa shape index (κ2) is 15.9. The molecule has 1 aromatic carbocycles. The van der Waals surface area contributed by atoms with Crippen molar-refractivity contribution in [1.29, 1.82) is 0 Å². The number of furan rings is 1. The summed E-state index contributed by atoms with van der Waals surface area (Å²) in [6.07, 6.45) is 3.81. The minimum absolute atomic E-state index is 0.145. The second-order valence-electron chi connectivity index (χ2n) is 7.16. The predicted molar refractivity (Wildman–Crippen MR) is 126 cm³/mol. The molecule has 1 heterocycles. The predicted octanol–water partition coefficient (Wildman–Crippen LogP) is 3.10. The molecule has 2 rings (SSSR count). The molecule has 1 amide bonds. The van der Waals surface area contributed by atoms with Crippen molar-refractivity contribution in [3.8, 4) is 0 Å². The highest BCUT2D eigenvalue weighted by Crippen LogP contribution is 2.08. The number of nitrogens with one attached hydrogen (secondary N) is 3. The number of hydrogen-bond donors (Lipinski definition) is 3. The summed E-state index contributed by atoms with van der Waals surface area (Å²) in [5.74, 6) is 1.28. The van der Waals surface area contributed by atoms with Crippen LogP contribution in [-0.2, 0) is 22.6 Å². The molecule has 0 atom stereocenters. The molecule has 0 spiro atoms. The highest BCUT2D eigenvalue weighted by Gasteiger charge is 2.07. The summed E-state index contributed by atoms with van der Waals surface area (Å²) in [4.78, 5) is 17.0. The number of guanidine groups is 1. The molecule has 2 aromatic rings. The van der Waals surface area contributed by atoms with Crippen LogP contribution >= 0.6 is 0 Å². The first-order valence-electron chi connectivity index (χ1n) is 11.3. The maximum Gasteiger partial charge on any atom is 0.251 e. The highest BCUT2D eigenvalue weighted by molar-refractivity contribution is 5.94. The van der Waals surface area contributed by atoms with Crippen LogP contribution in [0.4, 0.5) is 0 Å². The number of benzene rings is 1. The van der Waals surface area contributed by atoms with Gasteiger partial charge in [-0.25, -0.2) is 4.99 Å². The number of amides is 1. The third-order valence-electron chi connectivity index (χ3n) is 4.51. The Bertz CT molecular complexity index is 793. The van der Waals surface area contributed by atoms with Gasteiger partial charge >= 0.3 is 0 Å². The van der Waals surface area contributed by atoms with Gasteiger partial charge in [0, 0.05) is 25.3 Å². The molecule has 32 heavy (non-hydrogen) atoms. The summed E-state index contributed by atoms with van der Waals surface area (Å²) in [5.41, 5.74) is 1.55. The second-order valence-corrected chi connectivity index (χ2v) is 7.16. The minimum Gasteiger partial charge on any atom is -0.467 e. The fraction of sp³-hybridized carbons (Fsp3) is 0.500. The SMILES string of the molecule is CCCCOCCOCCNC(=NCc1cccc(C(=O)NCc2ccco2)c1)NCC. The van der Waals surface area contributed by atoms with E-state index >= 15 is 0 Å². The number of unbranched alkanes of at least 4 members (excludes halogenated alkanes) is 1. The molecule has 0 unspecified atom stereocenters. The van der Waals surface area contributed by atoms with E-state index in [2.05, 4.69) is 27.9 Å². The van der Waals surface area contributed by atoms with Crippen molar-refractivity contribution >= 4 is 11.9 Å². The molecular weight excluding hydrogens is 408 g/mol. The summed E-state index contributed by atoms with van der Waals surface area (Å²) in [7, 11) is 0. The van der Waals surface area contributed by atoms with Crippen LogP contribution in [0.2, 0.25) is 0 Å². The van der Waals surface area contributed by atoms with Gasteiger partial charge < -0.3 is 29.8 Å². The van der Waals surface area contributed by atoms with Gasteiger partial charge in [0.1, 0.15) is 5.76 Å². The number of hydrogen-bond acceptors (Lipinski definition) is 5. The largest absolute Gasteiger partial charge is 0.467 e. The Labute approximate surface area is 190 Å². The molecule has 3 N–H and O–H groups in total. The topological polar surface area (TPSA) is 97.1 Å². The van der Waals surface area contributed by atoms with E-state index in [0.29, 0.717) is 56.7 Å². The Hall–Kier alpha value is -2.84. The average molecular weight is 445 g/mol. The standard InChI is InChI=1S/C24H36N4O4/c1-3-5-12-30-15-16-31-14-11-26-24(25-4-2)28-18-20-8-6-9-21(17-20)23(29)27-19-22-10-7-13-32-22/h6-10,13,17H,3-5,11-12,14-16,18-19H2,1-2H3,(H,27,29)(H2,25,26,28). The van der Waals surface area contributed by atoms with E-state index in [1.54, 1.807) is 18.4 Å². The van der Waals surface area contributed by atoms with Crippen LogP contribution in [0.15, 0.2) is 52.1 Å². The van der Waals surface area contributed by atoms with Crippen molar-refractivity contribution in [2.75, 3.05) is 39.5 Å². The highest BCUT2D eigenvalue weighted by atomic mass is 16.5. The first kappa shape index (κ1) is 25.4. The van der Waals surface area contributed by atoms with E-state index in [1.807, 2.05) is 31.2 Å². The lowest BCUT2D eigenvalue weighted by Gasteiger charge is -2.12. The lowest BCUT2D eigenvalue weighted by Crippen LogP contribution is -2.39. The van der Waals surface area contributed by atoms with Gasteiger partial charge in [-0.1, -0.05) is 25.5 Å². The minimum atomic E-state index is -0.145. The smallest absolute Gasteiger partial charge is 0.251 e. The molecule has 0 fully saturated rings. The van der Waals surface area contributed by atoms with Crippen LogP contribution in [-0.4, -0.2) is 51.4 Å². The van der Waals surface area contributed by atoms with Crippen LogP contribution in [0.3, 0.4) is 0 Å². The zero-order valence-electron chi connectivity index (χ0n) is 19.2. The number of rotatable bonds is 15. The van der Waals surface area contributed by atoms with Crippen molar-refractivity contribution in [1.82, 2.24) is 16.0 Å². The van der Waals surface area contributed by atoms with Crippen molar-refractivity contribution < 1.29 is 18.7 Å². The number of ether oxygens (including phenoxy) is 2. The van der Waals surface area contributed by atoms with Crippen molar-refractivity contribution in [3.63, 3.8) is 0 Å². The van der Waals surface area contributed by atoms with Crippen LogP contribution in [0.1, 0.15) is 48.4 Å². The fourth-order valence-electron chi connectivity index (χ4n) is 2.82. The van der Waals surface area contributed by atoms with Crippen LogP contribution in [0.25, 0.3) is 0 Å². The summed E-state index contributed by atoms with van der Waals surface area (Å²) in [6.45, 7) is 8.97. The number of carbonyl (C=O) groups is 1. The molecule has 0 aliphatic heterocycles. The quantitative estimate of drug-likeness (QED) is 0.222. The Kier molecular flexibility index (Phi) is 12.6. The van der Waals surface area contributed by atoms with Gasteiger partial charge in [0.05, 0.1) is 39.2 Å². The Morgan fingerprint density at radius 2 is 1.84 bits per heavy atom. The van der Waals surface area contributed by atoms with E-state index < -0.39 is 0 Å². The maximum atomic E-state index is 12.4. The number of carbonyl (C=O) groups excluding carboxylic acids is 1. The van der Waals surface area contributed by atoms with E-state index in [1.165, 1.54) is 0 Å². The van der Waals surface area contributed by atoms with Crippen LogP contribution in [0.5, 0.6) is 0 Å². The molecule has 0 saturated carbocycles. The van der Waals surface area contributed by atoms with E-state index in [0.717, 1.165) is 31.6 Å². The van der Waals surface area contributed by atoms with Gasteiger partial charge in [-0.15, -0.1) is 0 Å².